The van der Waals surface area contributed by atoms with Gasteiger partial charge in [-0.1, -0.05) is 49.4 Å². The lowest BCUT2D eigenvalue weighted by Crippen LogP contribution is -2.53. The van der Waals surface area contributed by atoms with Gasteiger partial charge in [-0.25, -0.2) is 4.39 Å². The smallest absolute Gasteiger partial charge is 0.385 e. The third kappa shape index (κ3) is 6.40. The number of carbonyl (C=O) groups is 1. The Bertz CT molecular complexity index is 912. The van der Waals surface area contributed by atoms with Gasteiger partial charge in [0.05, 0.1) is 17.3 Å². The van der Waals surface area contributed by atoms with Crippen molar-refractivity contribution in [2.24, 2.45) is 0 Å². The predicted octanol–water partition coefficient (Wildman–Crippen LogP) is 4.93. The summed E-state index contributed by atoms with van der Waals surface area (Å²) < 4.78 is 54.2. The van der Waals surface area contributed by atoms with Gasteiger partial charge >= 0.3 is 6.18 Å². The van der Waals surface area contributed by atoms with Crippen LogP contribution in [0, 0.1) is 0 Å². The van der Waals surface area contributed by atoms with E-state index < -0.39 is 35.5 Å². The van der Waals surface area contributed by atoms with E-state index in [1.54, 1.807) is 30.3 Å². The van der Waals surface area contributed by atoms with E-state index in [4.69, 9.17) is 0 Å². The monoisotopic (exact) mass is 466 g/mol. The number of nitrogens with zero attached hydrogens (tertiary/aromatic N) is 1. The van der Waals surface area contributed by atoms with Crippen molar-refractivity contribution in [3.8, 4) is 0 Å². The number of likely N-dealkylation sites (tertiary alicyclic amines) is 1. The Morgan fingerprint density at radius 3 is 2.39 bits per heavy atom. The van der Waals surface area contributed by atoms with E-state index >= 15 is 0 Å². The summed E-state index contributed by atoms with van der Waals surface area (Å²) in [6.45, 7) is 3.33. The first-order valence-corrected chi connectivity index (χ1v) is 11.2. The largest absolute Gasteiger partial charge is 0.416 e. The normalized spacial score (nSPS) is 18.6. The number of alkyl halides is 4. The number of rotatable bonds is 9. The summed E-state index contributed by atoms with van der Waals surface area (Å²) in [6.07, 6.45) is -5.39. The van der Waals surface area contributed by atoms with Crippen LogP contribution >= 0.6 is 0 Å². The highest BCUT2D eigenvalue weighted by Crippen LogP contribution is 2.37. The van der Waals surface area contributed by atoms with Crippen molar-refractivity contribution in [1.82, 2.24) is 10.2 Å². The molecule has 4 nitrogen and oxygen atoms in total. The topological polar surface area (TPSA) is 52.6 Å². The molecule has 0 saturated carbocycles. The van der Waals surface area contributed by atoms with Crippen LogP contribution in [0.25, 0.3) is 0 Å². The molecule has 33 heavy (non-hydrogen) atoms. The maximum Gasteiger partial charge on any atom is 0.416 e. The minimum Gasteiger partial charge on any atom is -0.385 e. The van der Waals surface area contributed by atoms with Crippen LogP contribution in [-0.2, 0) is 11.8 Å². The van der Waals surface area contributed by atoms with Gasteiger partial charge in [-0.3, -0.25) is 9.69 Å². The first-order chi connectivity index (χ1) is 15.6. The fourth-order valence-corrected chi connectivity index (χ4v) is 4.24. The minimum absolute atomic E-state index is 0.0459. The van der Waals surface area contributed by atoms with E-state index in [1.165, 1.54) is 12.1 Å². The number of ketones is 1. The second-order valence-corrected chi connectivity index (χ2v) is 8.55. The van der Waals surface area contributed by atoms with Crippen LogP contribution in [0.4, 0.5) is 17.6 Å². The Kier molecular flexibility index (Phi) is 8.26. The quantitative estimate of drug-likeness (QED) is 0.407. The van der Waals surface area contributed by atoms with Crippen LogP contribution in [0.15, 0.2) is 54.6 Å². The van der Waals surface area contributed by atoms with E-state index in [0.29, 0.717) is 25.2 Å². The Labute approximate surface area is 191 Å². The zero-order valence-corrected chi connectivity index (χ0v) is 18.6. The maximum absolute atomic E-state index is 14.9. The summed E-state index contributed by atoms with van der Waals surface area (Å²) >= 11 is 0. The summed E-state index contributed by atoms with van der Waals surface area (Å²) in [5.41, 5.74) is -1.63. The van der Waals surface area contributed by atoms with Gasteiger partial charge < -0.3 is 10.4 Å². The number of carbonyl (C=O) groups excluding carboxylic acids is 1. The zero-order chi connectivity index (χ0) is 24.1. The number of hydrogen-bond donors (Lipinski definition) is 2. The molecule has 2 unspecified atom stereocenters. The molecule has 0 spiro atoms. The van der Waals surface area contributed by atoms with Gasteiger partial charge in [0.15, 0.2) is 12.0 Å². The number of Topliss-reactive ketones (excluding diaryl/α,β-unsaturated/α-hetero) is 1. The van der Waals surface area contributed by atoms with Gasteiger partial charge in [0.2, 0.25) is 0 Å². The van der Waals surface area contributed by atoms with Crippen LogP contribution in [-0.4, -0.2) is 47.8 Å². The third-order valence-corrected chi connectivity index (χ3v) is 6.20. The lowest BCUT2D eigenvalue weighted by Gasteiger charge is -2.42. The number of aliphatic hydroxyl groups is 1. The summed E-state index contributed by atoms with van der Waals surface area (Å²) in [6, 6.07) is 13.1. The van der Waals surface area contributed by atoms with Crippen LogP contribution < -0.4 is 5.32 Å². The van der Waals surface area contributed by atoms with E-state index in [2.05, 4.69) is 5.32 Å². The van der Waals surface area contributed by atoms with Crippen LogP contribution in [0.1, 0.15) is 54.1 Å². The van der Waals surface area contributed by atoms with Gasteiger partial charge in [-0.2, -0.15) is 13.2 Å². The molecule has 2 N–H and O–H groups in total. The van der Waals surface area contributed by atoms with E-state index in [1.807, 2.05) is 11.8 Å². The van der Waals surface area contributed by atoms with Crippen LogP contribution in [0.3, 0.4) is 0 Å². The molecule has 1 aliphatic rings. The van der Waals surface area contributed by atoms with Crippen molar-refractivity contribution in [2.75, 3.05) is 19.6 Å². The fraction of sp³-hybridized carbons (Fsp3) is 0.480. The summed E-state index contributed by atoms with van der Waals surface area (Å²) in [7, 11) is 0. The van der Waals surface area contributed by atoms with E-state index in [-0.39, 0.29) is 24.8 Å². The van der Waals surface area contributed by atoms with Crippen LogP contribution in [0.5, 0.6) is 0 Å². The van der Waals surface area contributed by atoms with Crippen molar-refractivity contribution in [3.63, 3.8) is 0 Å². The molecule has 0 aliphatic carbocycles. The maximum atomic E-state index is 14.9. The number of hydrogen-bond acceptors (Lipinski definition) is 4. The molecular formula is C25H30F4N2O2. The van der Waals surface area contributed by atoms with Gasteiger partial charge in [0, 0.05) is 25.1 Å². The average molecular weight is 467 g/mol. The highest BCUT2D eigenvalue weighted by molar-refractivity contribution is 5.99. The molecule has 0 aromatic heterocycles. The molecule has 180 valence electrons. The molecule has 2 atom stereocenters. The molecule has 8 heteroatoms. The van der Waals surface area contributed by atoms with Crippen molar-refractivity contribution in [2.45, 2.75) is 56.7 Å². The third-order valence-electron chi connectivity index (χ3n) is 6.20. The second-order valence-electron chi connectivity index (χ2n) is 8.55. The summed E-state index contributed by atoms with van der Waals surface area (Å²) in [5, 5.41) is 14.4. The second kappa shape index (κ2) is 10.8. The van der Waals surface area contributed by atoms with Gasteiger partial charge in [-0.15, -0.1) is 0 Å². The number of benzene rings is 2. The Morgan fingerprint density at radius 2 is 1.79 bits per heavy atom. The first kappa shape index (κ1) is 25.3. The highest BCUT2D eigenvalue weighted by atomic mass is 19.4. The highest BCUT2D eigenvalue weighted by Gasteiger charge is 2.39. The summed E-state index contributed by atoms with van der Waals surface area (Å²) in [4.78, 5) is 14.4. The SMILES string of the molecule is CCCNC(CC(F)C(=O)c1ccccc1)N1CCC(O)(c2cccc(C(F)(F)F)c2)CC1. The van der Waals surface area contributed by atoms with Gasteiger partial charge in [-0.05, 0) is 43.5 Å². The molecule has 1 fully saturated rings. The van der Waals surface area contributed by atoms with E-state index in [9.17, 15) is 27.5 Å². The standard InChI is InChI=1S/C25H30F4N2O2/c1-2-13-30-22(17-21(26)23(32)18-7-4-3-5-8-18)31-14-11-24(33,12-15-31)19-9-6-10-20(16-19)25(27,28)29/h3-10,16,21-22,30,33H,2,11-15,17H2,1H3. The number of nitrogens with one attached hydrogen (secondary N) is 1. The molecule has 0 bridgehead atoms. The Morgan fingerprint density at radius 1 is 1.12 bits per heavy atom. The van der Waals surface area contributed by atoms with Crippen molar-refractivity contribution in [3.05, 3.63) is 71.3 Å². The van der Waals surface area contributed by atoms with Crippen LogP contribution in [0.2, 0.25) is 0 Å². The Balaban J connectivity index is 1.68. The number of halogens is 4. The van der Waals surface area contributed by atoms with Gasteiger partial charge in [0.25, 0.3) is 0 Å². The fourth-order valence-electron chi connectivity index (χ4n) is 4.24. The molecular weight excluding hydrogens is 436 g/mol. The van der Waals surface area contributed by atoms with Crippen molar-refractivity contribution < 1.29 is 27.5 Å². The predicted molar refractivity (Wildman–Crippen MR) is 119 cm³/mol. The lowest BCUT2D eigenvalue weighted by molar-refractivity contribution is -0.137. The molecule has 3 rings (SSSR count). The first-order valence-electron chi connectivity index (χ1n) is 11.2. The number of piperidine rings is 1. The molecule has 0 radical (unpaired) electrons. The minimum atomic E-state index is -4.48. The van der Waals surface area contributed by atoms with Crippen molar-refractivity contribution in [1.29, 1.82) is 0 Å². The Hall–Kier alpha value is -2.29. The van der Waals surface area contributed by atoms with Crippen molar-refractivity contribution >= 4 is 5.78 Å². The molecule has 2 aromatic carbocycles. The molecule has 0 amide bonds. The molecule has 1 aliphatic heterocycles. The summed E-state index contributed by atoms with van der Waals surface area (Å²) in [5.74, 6) is -0.573. The van der Waals surface area contributed by atoms with E-state index in [0.717, 1.165) is 18.6 Å². The van der Waals surface area contributed by atoms with Gasteiger partial charge in [0.1, 0.15) is 0 Å². The molecule has 1 heterocycles. The average Bonchev–Trinajstić information content (AvgIpc) is 2.82. The lowest BCUT2D eigenvalue weighted by atomic mass is 9.83. The molecule has 1 saturated heterocycles. The zero-order valence-electron chi connectivity index (χ0n) is 18.6. The molecule has 2 aromatic rings.